The summed E-state index contributed by atoms with van der Waals surface area (Å²) in [6.45, 7) is 13.1. The summed E-state index contributed by atoms with van der Waals surface area (Å²) in [5.74, 6) is -2.97. The topological polar surface area (TPSA) is 181 Å². The van der Waals surface area contributed by atoms with Crippen molar-refractivity contribution in [1.82, 2.24) is 15.5 Å². The number of primary amides is 1. The molecule has 0 heterocycles. The third-order valence-corrected chi connectivity index (χ3v) is 6.98. The number of esters is 1. The monoisotopic (exact) mass is 649 g/mol. The van der Waals surface area contributed by atoms with Crippen LogP contribution in [-0.2, 0) is 35.1 Å². The van der Waals surface area contributed by atoms with Crippen LogP contribution >= 0.6 is 0 Å². The van der Waals surface area contributed by atoms with Gasteiger partial charge in [0.2, 0.25) is 17.7 Å². The van der Waals surface area contributed by atoms with Gasteiger partial charge in [-0.1, -0.05) is 48.5 Å². The molecule has 12 nitrogen and oxygen atoms in total. The zero-order valence-corrected chi connectivity index (χ0v) is 28.5. The van der Waals surface area contributed by atoms with Gasteiger partial charge in [-0.05, 0) is 84.1 Å². The van der Waals surface area contributed by atoms with Gasteiger partial charge in [0.1, 0.15) is 35.9 Å². The number of carbonyl (C=O) groups excluding carboxylic acids is 5. The first kappa shape index (κ1) is 38.3. The number of nitrogens with zero attached hydrogens (tertiary/aromatic N) is 2. The van der Waals surface area contributed by atoms with E-state index in [2.05, 4.69) is 10.6 Å². The van der Waals surface area contributed by atoms with E-state index >= 15 is 0 Å². The number of nitriles is 1. The molecule has 0 saturated heterocycles. The van der Waals surface area contributed by atoms with Crippen molar-refractivity contribution in [3.05, 3.63) is 70.8 Å². The second-order valence-electron chi connectivity index (χ2n) is 13.3. The number of amides is 4. The van der Waals surface area contributed by atoms with Gasteiger partial charge in [-0.25, -0.2) is 9.59 Å². The van der Waals surface area contributed by atoms with E-state index in [-0.39, 0.29) is 19.3 Å². The minimum absolute atomic E-state index is 0.0919. The number of rotatable bonds is 13. The maximum atomic E-state index is 14.4. The zero-order chi connectivity index (χ0) is 35.5. The quantitative estimate of drug-likeness (QED) is 0.216. The molecule has 2 aromatic rings. The van der Waals surface area contributed by atoms with Crippen molar-refractivity contribution in [2.75, 3.05) is 6.54 Å². The van der Waals surface area contributed by atoms with E-state index in [1.54, 1.807) is 72.7 Å². The Bertz CT molecular complexity index is 1470. The van der Waals surface area contributed by atoms with Crippen LogP contribution in [0.2, 0.25) is 0 Å². The molecule has 3 unspecified atom stereocenters. The number of nitrogens with two attached hydrogens (primary N) is 1. The Kier molecular flexibility index (Phi) is 13.5. The number of hydrogen-bond acceptors (Lipinski definition) is 8. The third-order valence-electron chi connectivity index (χ3n) is 6.98. The Morgan fingerprint density at radius 2 is 1.49 bits per heavy atom. The molecule has 4 N–H and O–H groups in total. The summed E-state index contributed by atoms with van der Waals surface area (Å²) in [7, 11) is 0. The number of nitrogens with one attached hydrogen (secondary N) is 2. The van der Waals surface area contributed by atoms with Crippen LogP contribution in [-0.4, -0.2) is 64.5 Å². The average Bonchev–Trinajstić information content (AvgIpc) is 2.95. The Labute approximate surface area is 277 Å². The molecule has 0 bridgehead atoms. The van der Waals surface area contributed by atoms with Crippen LogP contribution in [0.25, 0.3) is 0 Å². The normalized spacial score (nSPS) is 13.3. The van der Waals surface area contributed by atoms with Crippen LogP contribution in [0.4, 0.5) is 4.79 Å². The molecule has 0 radical (unpaired) electrons. The number of carbonyl (C=O) groups is 5. The summed E-state index contributed by atoms with van der Waals surface area (Å²) in [4.78, 5) is 67.6. The summed E-state index contributed by atoms with van der Waals surface area (Å²) < 4.78 is 11.0. The molecule has 2 aromatic carbocycles. The van der Waals surface area contributed by atoms with E-state index in [0.717, 1.165) is 16.0 Å². The molecule has 2 rings (SSSR count). The van der Waals surface area contributed by atoms with Gasteiger partial charge in [-0.3, -0.25) is 14.4 Å². The fourth-order valence-corrected chi connectivity index (χ4v) is 4.75. The predicted molar refractivity (Wildman–Crippen MR) is 175 cm³/mol. The fraction of sp³-hybridized carbons (Fsp3) is 0.486. The molecule has 0 aromatic heterocycles. The van der Waals surface area contributed by atoms with Crippen molar-refractivity contribution in [3.63, 3.8) is 0 Å². The lowest BCUT2D eigenvalue weighted by atomic mass is 9.94. The third kappa shape index (κ3) is 12.4. The molecule has 3 atom stereocenters. The van der Waals surface area contributed by atoms with Gasteiger partial charge in [-0.15, -0.1) is 0 Å². The smallest absolute Gasteiger partial charge is 0.408 e. The highest BCUT2D eigenvalue weighted by Crippen LogP contribution is 2.28. The van der Waals surface area contributed by atoms with Crippen LogP contribution in [0.5, 0.6) is 0 Å². The van der Waals surface area contributed by atoms with Gasteiger partial charge in [0, 0.05) is 12.8 Å². The molecule has 254 valence electrons. The number of aryl methyl sites for hydroxylation is 1. The second-order valence-corrected chi connectivity index (χ2v) is 13.3. The lowest BCUT2D eigenvalue weighted by molar-refractivity contribution is -0.159. The summed E-state index contributed by atoms with van der Waals surface area (Å²) >= 11 is 0. The Hall–Kier alpha value is -4.92. The first-order valence-corrected chi connectivity index (χ1v) is 15.4. The highest BCUT2D eigenvalue weighted by molar-refractivity contribution is 5.94. The Morgan fingerprint density at radius 3 is 2.04 bits per heavy atom. The standard InChI is InChI=1S/C35H47N5O7/c1-22-13-12-16-25(23(22)2)29(30(42)38-27(32(44)46-34(3,4)5)21-24-14-10-9-11-15-24)40(20-19-36)31(43)26(17-18-28(37)41)39-33(45)47-35(6,7)8/h9-16,26-27,29H,17-18,20-21H2,1-8H3,(H2,37,41)(H,38,42)(H,39,45). The van der Waals surface area contributed by atoms with Gasteiger partial charge in [-0.2, -0.15) is 5.26 Å². The molecule has 0 fully saturated rings. The largest absolute Gasteiger partial charge is 0.458 e. The number of alkyl carbamates (subject to hydrolysis) is 1. The first-order chi connectivity index (χ1) is 21.8. The molecule has 12 heteroatoms. The minimum atomic E-state index is -1.42. The summed E-state index contributed by atoms with van der Waals surface area (Å²) in [6, 6.07) is 12.3. The average molecular weight is 650 g/mol. The van der Waals surface area contributed by atoms with Gasteiger partial charge in [0.05, 0.1) is 6.07 Å². The van der Waals surface area contributed by atoms with Gasteiger partial charge < -0.3 is 30.7 Å². The fourth-order valence-electron chi connectivity index (χ4n) is 4.75. The molecule has 0 aliphatic heterocycles. The van der Waals surface area contributed by atoms with Gasteiger partial charge >= 0.3 is 12.1 Å². The van der Waals surface area contributed by atoms with E-state index in [1.807, 2.05) is 37.3 Å². The van der Waals surface area contributed by atoms with Crippen molar-refractivity contribution in [2.45, 2.75) is 104 Å². The van der Waals surface area contributed by atoms with Crippen LogP contribution in [0.15, 0.2) is 48.5 Å². The zero-order valence-electron chi connectivity index (χ0n) is 28.5. The Balaban J connectivity index is 2.65. The molecular formula is C35H47N5O7. The van der Waals surface area contributed by atoms with E-state index in [1.165, 1.54) is 0 Å². The van der Waals surface area contributed by atoms with Gasteiger partial charge in [0.25, 0.3) is 0 Å². The second kappa shape index (κ2) is 16.6. The molecule has 0 aliphatic carbocycles. The van der Waals surface area contributed by atoms with E-state index in [9.17, 15) is 29.2 Å². The number of hydrogen-bond donors (Lipinski definition) is 3. The van der Waals surface area contributed by atoms with Crippen molar-refractivity contribution < 1.29 is 33.4 Å². The lowest BCUT2D eigenvalue weighted by Crippen LogP contribution is -2.55. The van der Waals surface area contributed by atoms with Crippen LogP contribution in [0.1, 0.15) is 82.7 Å². The summed E-state index contributed by atoms with van der Waals surface area (Å²) in [5, 5.41) is 15.1. The maximum Gasteiger partial charge on any atom is 0.408 e. The molecular weight excluding hydrogens is 602 g/mol. The molecule has 0 aliphatic rings. The lowest BCUT2D eigenvalue weighted by Gasteiger charge is -2.34. The van der Waals surface area contributed by atoms with Crippen molar-refractivity contribution >= 4 is 29.8 Å². The molecule has 47 heavy (non-hydrogen) atoms. The first-order valence-electron chi connectivity index (χ1n) is 15.4. The van der Waals surface area contributed by atoms with E-state index < -0.39 is 65.7 Å². The van der Waals surface area contributed by atoms with Crippen molar-refractivity contribution in [3.8, 4) is 6.07 Å². The van der Waals surface area contributed by atoms with Crippen LogP contribution < -0.4 is 16.4 Å². The maximum absolute atomic E-state index is 14.4. The Morgan fingerprint density at radius 1 is 0.872 bits per heavy atom. The predicted octanol–water partition coefficient (Wildman–Crippen LogP) is 3.92. The summed E-state index contributed by atoms with van der Waals surface area (Å²) in [6.07, 6.45) is -1.33. The minimum Gasteiger partial charge on any atom is -0.458 e. The molecule has 0 saturated carbocycles. The summed E-state index contributed by atoms with van der Waals surface area (Å²) in [5.41, 5.74) is 6.26. The number of benzene rings is 2. The van der Waals surface area contributed by atoms with E-state index in [4.69, 9.17) is 15.2 Å². The van der Waals surface area contributed by atoms with Crippen molar-refractivity contribution in [2.24, 2.45) is 5.73 Å². The van der Waals surface area contributed by atoms with Crippen LogP contribution in [0, 0.1) is 25.2 Å². The van der Waals surface area contributed by atoms with E-state index in [0.29, 0.717) is 11.1 Å². The van der Waals surface area contributed by atoms with Crippen LogP contribution in [0.3, 0.4) is 0 Å². The SMILES string of the molecule is Cc1cccc(C(C(=O)NC(Cc2ccccc2)C(=O)OC(C)(C)C)N(CC#N)C(=O)C(CCC(N)=O)NC(=O)OC(C)(C)C)c1C. The van der Waals surface area contributed by atoms with Crippen molar-refractivity contribution in [1.29, 1.82) is 5.26 Å². The highest BCUT2D eigenvalue weighted by Gasteiger charge is 2.39. The highest BCUT2D eigenvalue weighted by atomic mass is 16.6. The number of ether oxygens (including phenoxy) is 2. The molecule has 0 spiro atoms. The molecule has 4 amide bonds. The van der Waals surface area contributed by atoms with Gasteiger partial charge in [0.15, 0.2) is 0 Å².